The molecule has 3 N–H and O–H groups in total. The number of amides is 1. The van der Waals surface area contributed by atoms with Gasteiger partial charge in [-0.2, -0.15) is 5.10 Å². The Morgan fingerprint density at radius 3 is 2.95 bits per heavy atom. The zero-order chi connectivity index (χ0) is 15.4. The number of rotatable bonds is 5. The van der Waals surface area contributed by atoms with Crippen LogP contribution in [0.25, 0.3) is 10.9 Å². The Bertz CT molecular complexity index is 839. The fraction of sp³-hybridized carbons (Fsp3) is 0.200. The number of aromatic amines is 2. The van der Waals surface area contributed by atoms with E-state index in [1.807, 2.05) is 6.07 Å². The molecule has 0 saturated carbocycles. The van der Waals surface area contributed by atoms with Gasteiger partial charge in [0.15, 0.2) is 0 Å². The van der Waals surface area contributed by atoms with Gasteiger partial charge < -0.3 is 10.3 Å². The van der Waals surface area contributed by atoms with E-state index in [-0.39, 0.29) is 11.5 Å². The standard InChI is InChI=1S/C15H15N5O2/c21-14(18-10-8-16-17-9-10)7-3-6-13-19-12-5-2-1-4-11(12)15(22)20-13/h1-2,4-5,8-9H,3,6-7H2,(H,16,17)(H,18,21)(H,19,20,22). The van der Waals surface area contributed by atoms with Crippen molar-refractivity contribution in [2.75, 3.05) is 5.32 Å². The monoisotopic (exact) mass is 297 g/mol. The Hall–Kier alpha value is -2.96. The molecule has 3 aromatic rings. The van der Waals surface area contributed by atoms with E-state index in [1.165, 1.54) is 0 Å². The molecule has 0 spiro atoms. The third-order valence-corrected chi connectivity index (χ3v) is 3.26. The molecule has 1 aromatic carbocycles. The predicted molar refractivity (Wildman–Crippen MR) is 82.5 cm³/mol. The van der Waals surface area contributed by atoms with Crippen molar-refractivity contribution in [3.8, 4) is 0 Å². The largest absolute Gasteiger partial charge is 0.323 e. The minimum Gasteiger partial charge on any atom is -0.323 e. The molecule has 0 saturated heterocycles. The van der Waals surface area contributed by atoms with Crippen molar-refractivity contribution < 1.29 is 4.79 Å². The number of aryl methyl sites for hydroxylation is 1. The summed E-state index contributed by atoms with van der Waals surface area (Å²) >= 11 is 0. The number of para-hydroxylation sites is 1. The maximum absolute atomic E-state index is 11.9. The van der Waals surface area contributed by atoms with Crippen LogP contribution in [0, 0.1) is 0 Å². The highest BCUT2D eigenvalue weighted by molar-refractivity contribution is 5.90. The summed E-state index contributed by atoms with van der Waals surface area (Å²) in [7, 11) is 0. The van der Waals surface area contributed by atoms with E-state index in [9.17, 15) is 9.59 Å². The number of H-pyrrole nitrogens is 2. The molecule has 0 aliphatic heterocycles. The summed E-state index contributed by atoms with van der Waals surface area (Å²) in [5.41, 5.74) is 1.16. The molecule has 3 rings (SSSR count). The molecule has 0 fully saturated rings. The van der Waals surface area contributed by atoms with Gasteiger partial charge in [-0.1, -0.05) is 12.1 Å². The minimum absolute atomic E-state index is 0.0930. The van der Waals surface area contributed by atoms with Gasteiger partial charge in [0.1, 0.15) is 5.82 Å². The molecule has 0 aliphatic carbocycles. The number of anilines is 1. The number of aromatic nitrogens is 4. The fourth-order valence-electron chi connectivity index (χ4n) is 2.21. The topological polar surface area (TPSA) is 104 Å². The van der Waals surface area contributed by atoms with Crippen LogP contribution in [-0.2, 0) is 11.2 Å². The lowest BCUT2D eigenvalue weighted by Crippen LogP contribution is -2.14. The molecule has 0 atom stereocenters. The number of carbonyl (C=O) groups excluding carboxylic acids is 1. The number of hydrogen-bond acceptors (Lipinski definition) is 4. The van der Waals surface area contributed by atoms with Gasteiger partial charge in [0, 0.05) is 19.0 Å². The fourth-order valence-corrected chi connectivity index (χ4v) is 2.21. The van der Waals surface area contributed by atoms with Gasteiger partial charge in [-0.3, -0.25) is 14.7 Å². The highest BCUT2D eigenvalue weighted by Crippen LogP contribution is 2.08. The lowest BCUT2D eigenvalue weighted by Gasteiger charge is -2.04. The van der Waals surface area contributed by atoms with Crippen molar-refractivity contribution in [3.05, 3.63) is 52.8 Å². The smallest absolute Gasteiger partial charge is 0.258 e. The van der Waals surface area contributed by atoms with Crippen LogP contribution in [0.2, 0.25) is 0 Å². The molecule has 7 heteroatoms. The van der Waals surface area contributed by atoms with Gasteiger partial charge in [-0.15, -0.1) is 0 Å². The molecule has 0 radical (unpaired) electrons. The van der Waals surface area contributed by atoms with Crippen LogP contribution in [0.15, 0.2) is 41.5 Å². The van der Waals surface area contributed by atoms with Crippen molar-refractivity contribution in [3.63, 3.8) is 0 Å². The van der Waals surface area contributed by atoms with Gasteiger partial charge >= 0.3 is 0 Å². The first-order valence-electron chi connectivity index (χ1n) is 6.99. The van der Waals surface area contributed by atoms with Crippen LogP contribution in [0.3, 0.4) is 0 Å². The number of carbonyl (C=O) groups is 1. The van der Waals surface area contributed by atoms with E-state index in [1.54, 1.807) is 30.6 Å². The lowest BCUT2D eigenvalue weighted by atomic mass is 10.2. The number of hydrogen-bond donors (Lipinski definition) is 3. The Balaban J connectivity index is 1.60. The molecular formula is C15H15N5O2. The normalized spacial score (nSPS) is 10.7. The Labute approximate surface area is 125 Å². The van der Waals surface area contributed by atoms with E-state index in [0.717, 1.165) is 0 Å². The average Bonchev–Trinajstić information content (AvgIpc) is 3.00. The number of nitrogens with zero attached hydrogens (tertiary/aromatic N) is 2. The maximum Gasteiger partial charge on any atom is 0.258 e. The van der Waals surface area contributed by atoms with E-state index >= 15 is 0 Å². The summed E-state index contributed by atoms with van der Waals surface area (Å²) in [6.07, 6.45) is 4.64. The number of benzene rings is 1. The molecule has 22 heavy (non-hydrogen) atoms. The maximum atomic E-state index is 11.9. The van der Waals surface area contributed by atoms with Gasteiger partial charge in [0.05, 0.1) is 22.8 Å². The minimum atomic E-state index is -0.150. The van der Waals surface area contributed by atoms with Gasteiger partial charge in [0.2, 0.25) is 5.91 Å². The predicted octanol–water partition coefficient (Wildman–Crippen LogP) is 1.61. The molecule has 0 unspecified atom stereocenters. The zero-order valence-corrected chi connectivity index (χ0v) is 11.8. The van der Waals surface area contributed by atoms with Crippen LogP contribution >= 0.6 is 0 Å². The summed E-state index contributed by atoms with van der Waals surface area (Å²) in [5.74, 6) is 0.504. The average molecular weight is 297 g/mol. The molecule has 0 aliphatic rings. The van der Waals surface area contributed by atoms with E-state index in [4.69, 9.17) is 0 Å². The number of fused-ring (bicyclic) bond motifs is 1. The summed E-state index contributed by atoms with van der Waals surface area (Å²) in [4.78, 5) is 30.8. The Morgan fingerprint density at radius 1 is 1.27 bits per heavy atom. The third kappa shape index (κ3) is 3.20. The van der Waals surface area contributed by atoms with Crippen LogP contribution in [-0.4, -0.2) is 26.1 Å². The third-order valence-electron chi connectivity index (χ3n) is 3.26. The van der Waals surface area contributed by atoms with E-state index in [2.05, 4.69) is 25.5 Å². The first kappa shape index (κ1) is 14.0. The van der Waals surface area contributed by atoms with Gasteiger partial charge in [-0.05, 0) is 18.6 Å². The lowest BCUT2D eigenvalue weighted by molar-refractivity contribution is -0.116. The van der Waals surface area contributed by atoms with E-state index < -0.39 is 0 Å². The highest BCUT2D eigenvalue weighted by atomic mass is 16.1. The van der Waals surface area contributed by atoms with Crippen LogP contribution < -0.4 is 10.9 Å². The molecule has 112 valence electrons. The van der Waals surface area contributed by atoms with Gasteiger partial charge in [0.25, 0.3) is 5.56 Å². The molecule has 1 amide bonds. The van der Waals surface area contributed by atoms with Gasteiger partial charge in [-0.25, -0.2) is 4.98 Å². The molecule has 2 heterocycles. The highest BCUT2D eigenvalue weighted by Gasteiger charge is 2.06. The van der Waals surface area contributed by atoms with Crippen molar-refractivity contribution in [2.45, 2.75) is 19.3 Å². The molecule has 7 nitrogen and oxygen atoms in total. The Morgan fingerprint density at radius 2 is 2.14 bits per heavy atom. The van der Waals surface area contributed by atoms with E-state index in [0.29, 0.717) is 41.7 Å². The van der Waals surface area contributed by atoms with Crippen LogP contribution in [0.5, 0.6) is 0 Å². The Kier molecular flexibility index (Phi) is 3.95. The van der Waals surface area contributed by atoms with Crippen molar-refractivity contribution >= 4 is 22.5 Å². The van der Waals surface area contributed by atoms with Crippen molar-refractivity contribution in [2.24, 2.45) is 0 Å². The first-order valence-corrected chi connectivity index (χ1v) is 6.99. The second-order valence-electron chi connectivity index (χ2n) is 4.92. The summed E-state index contributed by atoms with van der Waals surface area (Å²) in [5, 5.41) is 9.68. The summed E-state index contributed by atoms with van der Waals surface area (Å²) in [6.45, 7) is 0. The molecular weight excluding hydrogens is 282 g/mol. The van der Waals surface area contributed by atoms with Crippen LogP contribution in [0.4, 0.5) is 5.69 Å². The van der Waals surface area contributed by atoms with Crippen molar-refractivity contribution in [1.29, 1.82) is 0 Å². The first-order chi connectivity index (χ1) is 10.7. The second kappa shape index (κ2) is 6.21. The SMILES string of the molecule is O=C(CCCc1nc2ccccc2c(=O)[nH]1)Nc1cn[nH]c1. The van der Waals surface area contributed by atoms with Crippen molar-refractivity contribution in [1.82, 2.24) is 20.2 Å². The quantitative estimate of drug-likeness (QED) is 0.665. The zero-order valence-electron chi connectivity index (χ0n) is 11.8. The van der Waals surface area contributed by atoms with Crippen LogP contribution in [0.1, 0.15) is 18.7 Å². The number of nitrogens with one attached hydrogen (secondary N) is 3. The molecule has 0 bridgehead atoms. The summed E-state index contributed by atoms with van der Waals surface area (Å²) in [6, 6.07) is 7.19. The second-order valence-corrected chi connectivity index (χ2v) is 4.92. The molecule has 2 aromatic heterocycles. The summed E-state index contributed by atoms with van der Waals surface area (Å²) < 4.78 is 0.